The first-order valence-corrected chi connectivity index (χ1v) is 13.9. The van der Waals surface area contributed by atoms with E-state index < -0.39 is 0 Å². The molecule has 33 heavy (non-hydrogen) atoms. The summed E-state index contributed by atoms with van der Waals surface area (Å²) in [4.78, 5) is 13.5. The van der Waals surface area contributed by atoms with Gasteiger partial charge >= 0.3 is 0 Å². The molecule has 0 radical (unpaired) electrons. The zero-order valence-corrected chi connectivity index (χ0v) is 20.6. The predicted octanol–water partition coefficient (Wildman–Crippen LogP) is 6.40. The quantitative estimate of drug-likeness (QED) is 0.525. The Balaban J connectivity index is 1.23. The second-order valence-corrected chi connectivity index (χ2v) is 12.8. The number of nitriles is 1. The van der Waals surface area contributed by atoms with Gasteiger partial charge in [-0.15, -0.1) is 0 Å². The van der Waals surface area contributed by atoms with E-state index in [1.54, 1.807) is 17.1 Å². The third-order valence-corrected chi connectivity index (χ3v) is 11.7. The van der Waals surface area contributed by atoms with Crippen LogP contribution in [0.3, 0.4) is 0 Å². The number of hydrogen-bond acceptors (Lipinski definition) is 3. The van der Waals surface area contributed by atoms with Crippen molar-refractivity contribution in [3.05, 3.63) is 18.0 Å². The van der Waals surface area contributed by atoms with Crippen LogP contribution < -0.4 is 0 Å². The SMILES string of the molecule is CCC1CCC2(C3CC3)C(CCC3C4CCC(C(=O)Cn5cc(C#N)cn5)C4(C)CCC32)C1. The Morgan fingerprint density at radius 2 is 1.91 bits per heavy atom. The minimum Gasteiger partial charge on any atom is -0.297 e. The lowest BCUT2D eigenvalue weighted by Crippen LogP contribution is -2.56. The number of fused-ring (bicyclic) bond motifs is 5. The van der Waals surface area contributed by atoms with E-state index in [0.717, 1.165) is 41.9 Å². The van der Waals surface area contributed by atoms with E-state index >= 15 is 0 Å². The van der Waals surface area contributed by atoms with E-state index in [2.05, 4.69) is 25.0 Å². The van der Waals surface area contributed by atoms with Gasteiger partial charge in [-0.3, -0.25) is 9.48 Å². The van der Waals surface area contributed by atoms with Crippen molar-refractivity contribution in [2.75, 3.05) is 0 Å². The molecule has 0 spiro atoms. The van der Waals surface area contributed by atoms with E-state index in [9.17, 15) is 4.79 Å². The molecule has 0 bridgehead atoms. The van der Waals surface area contributed by atoms with Crippen LogP contribution in [0.25, 0.3) is 0 Å². The molecular formula is C29H41N3O. The molecule has 8 unspecified atom stereocenters. The molecule has 178 valence electrons. The number of aromatic nitrogens is 2. The van der Waals surface area contributed by atoms with Gasteiger partial charge < -0.3 is 0 Å². The van der Waals surface area contributed by atoms with Crippen LogP contribution in [0.5, 0.6) is 0 Å². The smallest absolute Gasteiger partial charge is 0.157 e. The van der Waals surface area contributed by atoms with Gasteiger partial charge in [0.1, 0.15) is 6.07 Å². The summed E-state index contributed by atoms with van der Waals surface area (Å²) in [6.45, 7) is 5.21. The lowest BCUT2D eigenvalue weighted by atomic mass is 9.42. The Bertz CT molecular complexity index is 956. The largest absolute Gasteiger partial charge is 0.297 e. The second-order valence-electron chi connectivity index (χ2n) is 12.8. The summed E-state index contributed by atoms with van der Waals surface area (Å²) in [7, 11) is 0. The summed E-state index contributed by atoms with van der Waals surface area (Å²) in [5, 5.41) is 13.3. The lowest BCUT2D eigenvalue weighted by molar-refractivity contribution is -0.146. The van der Waals surface area contributed by atoms with Gasteiger partial charge in [-0.2, -0.15) is 10.4 Å². The number of Topliss-reactive ketones (excluding diaryl/α,β-unsaturated/α-hetero) is 1. The molecule has 0 saturated heterocycles. The van der Waals surface area contributed by atoms with Crippen LogP contribution in [0.4, 0.5) is 0 Å². The number of carbonyl (C=O) groups excluding carboxylic acids is 1. The van der Waals surface area contributed by atoms with Crippen molar-refractivity contribution in [1.29, 1.82) is 5.26 Å². The van der Waals surface area contributed by atoms with Gasteiger partial charge in [0.25, 0.3) is 0 Å². The maximum Gasteiger partial charge on any atom is 0.157 e. The fourth-order valence-electron chi connectivity index (χ4n) is 10.2. The van der Waals surface area contributed by atoms with E-state index in [1.807, 2.05) is 0 Å². The number of nitrogens with zero attached hydrogens (tertiary/aromatic N) is 3. The van der Waals surface area contributed by atoms with E-state index in [0.29, 0.717) is 23.3 Å². The normalized spacial score (nSPS) is 44.4. The molecular weight excluding hydrogens is 406 g/mol. The van der Waals surface area contributed by atoms with Gasteiger partial charge in [-0.1, -0.05) is 20.3 Å². The highest BCUT2D eigenvalue weighted by molar-refractivity contribution is 5.82. The minimum absolute atomic E-state index is 0.168. The first-order valence-electron chi connectivity index (χ1n) is 13.9. The minimum atomic E-state index is 0.168. The number of carbonyl (C=O) groups is 1. The molecule has 1 aromatic rings. The summed E-state index contributed by atoms with van der Waals surface area (Å²) >= 11 is 0. The molecule has 0 aliphatic heterocycles. The van der Waals surface area contributed by atoms with E-state index in [4.69, 9.17) is 5.26 Å². The Hall–Kier alpha value is -1.63. The van der Waals surface area contributed by atoms with Gasteiger partial charge in [0, 0.05) is 12.1 Å². The van der Waals surface area contributed by atoms with Crippen molar-refractivity contribution in [3.63, 3.8) is 0 Å². The Labute approximate surface area is 199 Å². The fourth-order valence-corrected chi connectivity index (χ4v) is 10.2. The van der Waals surface area contributed by atoms with Crippen molar-refractivity contribution >= 4 is 5.78 Å². The average molecular weight is 448 g/mol. The van der Waals surface area contributed by atoms with Gasteiger partial charge in [0.05, 0.1) is 18.3 Å². The summed E-state index contributed by atoms with van der Waals surface area (Å²) < 4.78 is 1.68. The van der Waals surface area contributed by atoms with Crippen LogP contribution in [-0.4, -0.2) is 15.6 Å². The highest BCUT2D eigenvalue weighted by Gasteiger charge is 2.65. The molecule has 0 aromatic carbocycles. The third kappa shape index (κ3) is 3.28. The summed E-state index contributed by atoms with van der Waals surface area (Å²) in [6.07, 6.45) is 20.0. The van der Waals surface area contributed by atoms with Crippen LogP contribution in [0, 0.1) is 63.6 Å². The molecule has 4 heteroatoms. The molecule has 1 aromatic heterocycles. The monoisotopic (exact) mass is 447 g/mol. The molecule has 8 atom stereocenters. The molecule has 6 rings (SSSR count). The van der Waals surface area contributed by atoms with Crippen LogP contribution in [-0.2, 0) is 11.3 Å². The van der Waals surface area contributed by atoms with Crippen molar-refractivity contribution in [2.24, 2.45) is 52.3 Å². The Kier molecular flexibility index (Phi) is 5.28. The number of hydrogen-bond donors (Lipinski definition) is 0. The third-order valence-electron chi connectivity index (χ3n) is 11.7. The Morgan fingerprint density at radius 1 is 1.09 bits per heavy atom. The lowest BCUT2D eigenvalue weighted by Gasteiger charge is -2.62. The second kappa shape index (κ2) is 7.96. The van der Waals surface area contributed by atoms with Crippen LogP contribution in [0.2, 0.25) is 0 Å². The molecule has 4 nitrogen and oxygen atoms in total. The van der Waals surface area contributed by atoms with Gasteiger partial charge in [-0.25, -0.2) is 0 Å². The molecule has 0 N–H and O–H groups in total. The zero-order chi connectivity index (χ0) is 22.8. The van der Waals surface area contributed by atoms with Crippen molar-refractivity contribution in [1.82, 2.24) is 9.78 Å². The van der Waals surface area contributed by atoms with Crippen molar-refractivity contribution in [3.8, 4) is 6.07 Å². The van der Waals surface area contributed by atoms with Crippen molar-refractivity contribution in [2.45, 2.75) is 97.4 Å². The van der Waals surface area contributed by atoms with Crippen molar-refractivity contribution < 1.29 is 4.79 Å². The topological polar surface area (TPSA) is 58.7 Å². The van der Waals surface area contributed by atoms with Crippen LogP contribution >= 0.6 is 0 Å². The molecule has 5 aliphatic rings. The highest BCUT2D eigenvalue weighted by atomic mass is 16.1. The molecule has 1 heterocycles. The number of rotatable bonds is 5. The van der Waals surface area contributed by atoms with E-state index in [1.165, 1.54) is 70.6 Å². The van der Waals surface area contributed by atoms with Gasteiger partial charge in [0.15, 0.2) is 5.78 Å². The highest BCUT2D eigenvalue weighted by Crippen LogP contribution is 2.72. The predicted molar refractivity (Wildman–Crippen MR) is 128 cm³/mol. The standard InChI is InChI=1S/C29H41N3O/c1-3-19-10-13-29(21-4-5-21)22(14-19)6-7-23-24-8-9-26(28(24,2)12-11-25(23)29)27(33)18-32-17-20(15-30)16-31-32/h16-17,19,21-26H,3-14,18H2,1-2H3. The number of ketones is 1. The average Bonchev–Trinajstić information content (AvgIpc) is 3.49. The molecule has 0 amide bonds. The summed E-state index contributed by atoms with van der Waals surface area (Å²) in [6, 6.07) is 2.13. The maximum absolute atomic E-state index is 13.5. The van der Waals surface area contributed by atoms with Gasteiger partial charge in [0.2, 0.25) is 0 Å². The van der Waals surface area contributed by atoms with E-state index in [-0.39, 0.29) is 11.3 Å². The Morgan fingerprint density at radius 3 is 2.64 bits per heavy atom. The first-order chi connectivity index (χ1) is 16.0. The van der Waals surface area contributed by atoms with Crippen LogP contribution in [0.1, 0.15) is 96.5 Å². The maximum atomic E-state index is 13.5. The fraction of sp³-hybridized carbons (Fsp3) is 0.828. The summed E-state index contributed by atoms with van der Waals surface area (Å²) in [5.41, 5.74) is 1.36. The van der Waals surface area contributed by atoms with Gasteiger partial charge in [-0.05, 0) is 117 Å². The molecule has 5 aliphatic carbocycles. The first kappa shape index (κ1) is 21.9. The summed E-state index contributed by atoms with van der Waals surface area (Å²) in [5.74, 6) is 6.02. The zero-order valence-electron chi connectivity index (χ0n) is 20.6. The van der Waals surface area contributed by atoms with Crippen LogP contribution in [0.15, 0.2) is 12.4 Å². The molecule has 5 saturated carbocycles. The molecule has 5 fully saturated rings.